The van der Waals surface area contributed by atoms with E-state index < -0.39 is 0 Å². The minimum Gasteiger partial charge on any atom is -0.312 e. The highest BCUT2D eigenvalue weighted by molar-refractivity contribution is 5.96. The summed E-state index contributed by atoms with van der Waals surface area (Å²) >= 11 is 0. The summed E-state index contributed by atoms with van der Waals surface area (Å²) in [5.41, 5.74) is 2.94. The SMILES string of the molecule is C[C@@H](C(=O)Nc1cc(C2CCC2)[nH]n1)c1ccc(N2CCCC2=O)cc1. The standard InChI is InChI=1S/C20H24N4O2/c1-13(14-7-9-16(10-8-14)24-11-3-6-19(24)25)20(26)21-18-12-17(22-23-18)15-4-2-5-15/h7-10,12-13,15H,2-6,11H2,1H3,(H2,21,22,23,26)/t13-/m1/s1. The minimum absolute atomic E-state index is 0.0818. The van der Waals surface area contributed by atoms with Crippen LogP contribution in [0, 0.1) is 0 Å². The van der Waals surface area contributed by atoms with Gasteiger partial charge in [-0.15, -0.1) is 0 Å². The van der Waals surface area contributed by atoms with Crippen LogP contribution in [0.3, 0.4) is 0 Å². The first kappa shape index (κ1) is 16.8. The van der Waals surface area contributed by atoms with Crippen LogP contribution in [0.4, 0.5) is 11.5 Å². The van der Waals surface area contributed by atoms with Crippen molar-refractivity contribution < 1.29 is 9.59 Å². The van der Waals surface area contributed by atoms with Crippen molar-refractivity contribution in [1.29, 1.82) is 0 Å². The van der Waals surface area contributed by atoms with Crippen molar-refractivity contribution in [3.8, 4) is 0 Å². The molecule has 0 bridgehead atoms. The smallest absolute Gasteiger partial charge is 0.232 e. The van der Waals surface area contributed by atoms with Crippen LogP contribution in [0.25, 0.3) is 0 Å². The number of aromatic nitrogens is 2. The molecular weight excluding hydrogens is 328 g/mol. The Bertz CT molecular complexity index is 807. The van der Waals surface area contributed by atoms with Crippen LogP contribution in [-0.4, -0.2) is 28.6 Å². The summed E-state index contributed by atoms with van der Waals surface area (Å²) in [5, 5.41) is 10.1. The normalized spacial score (nSPS) is 18.7. The molecule has 2 fully saturated rings. The molecule has 6 nitrogen and oxygen atoms in total. The van der Waals surface area contributed by atoms with Crippen LogP contribution < -0.4 is 10.2 Å². The quantitative estimate of drug-likeness (QED) is 0.864. The summed E-state index contributed by atoms with van der Waals surface area (Å²) in [6.07, 6.45) is 5.18. The zero-order valence-corrected chi connectivity index (χ0v) is 15.0. The molecule has 1 aromatic carbocycles. The summed E-state index contributed by atoms with van der Waals surface area (Å²) in [7, 11) is 0. The van der Waals surface area contributed by atoms with Gasteiger partial charge in [-0.1, -0.05) is 18.6 Å². The van der Waals surface area contributed by atoms with Crippen LogP contribution in [0.2, 0.25) is 0 Å². The van der Waals surface area contributed by atoms with Gasteiger partial charge in [0.2, 0.25) is 11.8 Å². The van der Waals surface area contributed by atoms with Gasteiger partial charge in [0.05, 0.1) is 5.92 Å². The van der Waals surface area contributed by atoms with Crippen LogP contribution >= 0.6 is 0 Å². The van der Waals surface area contributed by atoms with E-state index >= 15 is 0 Å². The van der Waals surface area contributed by atoms with Crippen LogP contribution in [0.15, 0.2) is 30.3 Å². The van der Waals surface area contributed by atoms with Crippen molar-refractivity contribution in [2.75, 3.05) is 16.8 Å². The lowest BCUT2D eigenvalue weighted by molar-refractivity contribution is -0.118. The highest BCUT2D eigenvalue weighted by atomic mass is 16.2. The number of nitrogens with one attached hydrogen (secondary N) is 2. The second-order valence-electron chi connectivity index (χ2n) is 7.29. The molecule has 2 heterocycles. The average Bonchev–Trinajstić information content (AvgIpc) is 3.22. The summed E-state index contributed by atoms with van der Waals surface area (Å²) in [6, 6.07) is 9.64. The highest BCUT2D eigenvalue weighted by Gasteiger charge is 2.24. The van der Waals surface area contributed by atoms with Gasteiger partial charge in [-0.05, 0) is 43.9 Å². The molecule has 4 rings (SSSR count). The lowest BCUT2D eigenvalue weighted by Gasteiger charge is -2.23. The maximum atomic E-state index is 12.5. The summed E-state index contributed by atoms with van der Waals surface area (Å²) in [6.45, 7) is 2.65. The van der Waals surface area contributed by atoms with Gasteiger partial charge in [-0.25, -0.2) is 0 Å². The summed E-state index contributed by atoms with van der Waals surface area (Å²) < 4.78 is 0. The topological polar surface area (TPSA) is 78.1 Å². The van der Waals surface area contributed by atoms with E-state index in [2.05, 4.69) is 15.5 Å². The van der Waals surface area contributed by atoms with E-state index in [0.29, 0.717) is 18.2 Å². The van der Waals surface area contributed by atoms with Gasteiger partial charge in [0.25, 0.3) is 0 Å². The Hall–Kier alpha value is -2.63. The highest BCUT2D eigenvalue weighted by Crippen LogP contribution is 2.36. The van der Waals surface area contributed by atoms with E-state index in [4.69, 9.17) is 0 Å². The zero-order chi connectivity index (χ0) is 18.1. The molecule has 1 saturated carbocycles. The van der Waals surface area contributed by atoms with Gasteiger partial charge >= 0.3 is 0 Å². The number of amides is 2. The second kappa shape index (κ2) is 6.94. The molecule has 2 aliphatic rings. The van der Waals surface area contributed by atoms with Crippen molar-refractivity contribution in [2.24, 2.45) is 0 Å². The lowest BCUT2D eigenvalue weighted by Crippen LogP contribution is -2.23. The number of hydrogen-bond acceptors (Lipinski definition) is 3. The first-order valence-electron chi connectivity index (χ1n) is 9.38. The average molecular weight is 352 g/mol. The third kappa shape index (κ3) is 3.23. The molecule has 136 valence electrons. The van der Waals surface area contributed by atoms with E-state index in [9.17, 15) is 9.59 Å². The molecular formula is C20H24N4O2. The third-order valence-corrected chi connectivity index (χ3v) is 5.57. The summed E-state index contributed by atoms with van der Waals surface area (Å²) in [4.78, 5) is 26.2. The predicted molar refractivity (Wildman–Crippen MR) is 100 cm³/mol. The van der Waals surface area contributed by atoms with E-state index in [0.717, 1.165) is 29.9 Å². The van der Waals surface area contributed by atoms with Crippen LogP contribution in [-0.2, 0) is 9.59 Å². The molecule has 2 aromatic rings. The second-order valence-corrected chi connectivity index (χ2v) is 7.29. The number of anilines is 2. The minimum atomic E-state index is -0.290. The van der Waals surface area contributed by atoms with Gasteiger partial charge in [-0.2, -0.15) is 5.10 Å². The Balaban J connectivity index is 1.39. The third-order valence-electron chi connectivity index (χ3n) is 5.57. The lowest BCUT2D eigenvalue weighted by atomic mass is 9.83. The van der Waals surface area contributed by atoms with Gasteiger partial charge in [0.1, 0.15) is 0 Å². The van der Waals surface area contributed by atoms with Crippen molar-refractivity contribution in [3.05, 3.63) is 41.6 Å². The molecule has 26 heavy (non-hydrogen) atoms. The van der Waals surface area contributed by atoms with E-state index in [1.165, 1.54) is 19.3 Å². The van der Waals surface area contributed by atoms with Crippen molar-refractivity contribution in [2.45, 2.75) is 50.9 Å². The maximum absolute atomic E-state index is 12.5. The fraction of sp³-hybridized carbons (Fsp3) is 0.450. The molecule has 1 aliphatic heterocycles. The number of nitrogens with zero attached hydrogens (tertiary/aromatic N) is 2. The van der Waals surface area contributed by atoms with Crippen LogP contribution in [0.5, 0.6) is 0 Å². The fourth-order valence-corrected chi connectivity index (χ4v) is 3.58. The molecule has 0 unspecified atom stereocenters. The Labute approximate surface area is 153 Å². The van der Waals surface area contributed by atoms with E-state index in [1.807, 2.05) is 37.3 Å². The Morgan fingerprint density at radius 2 is 2.04 bits per heavy atom. The molecule has 1 aromatic heterocycles. The number of aromatic amines is 1. The number of rotatable bonds is 5. The maximum Gasteiger partial charge on any atom is 0.232 e. The van der Waals surface area contributed by atoms with E-state index in [1.54, 1.807) is 4.90 Å². The largest absolute Gasteiger partial charge is 0.312 e. The van der Waals surface area contributed by atoms with Crippen LogP contribution in [0.1, 0.15) is 62.1 Å². The Morgan fingerprint density at radius 3 is 2.65 bits per heavy atom. The van der Waals surface area contributed by atoms with Crippen molar-refractivity contribution in [1.82, 2.24) is 10.2 Å². The molecule has 2 N–H and O–H groups in total. The number of hydrogen-bond donors (Lipinski definition) is 2. The number of H-pyrrole nitrogens is 1. The van der Waals surface area contributed by atoms with Crippen molar-refractivity contribution >= 4 is 23.3 Å². The zero-order valence-electron chi connectivity index (χ0n) is 15.0. The molecule has 1 saturated heterocycles. The fourth-order valence-electron chi connectivity index (χ4n) is 3.58. The monoisotopic (exact) mass is 352 g/mol. The van der Waals surface area contributed by atoms with Gasteiger partial charge in [0, 0.05) is 36.3 Å². The Morgan fingerprint density at radius 1 is 1.27 bits per heavy atom. The number of carbonyl (C=O) groups excluding carboxylic acids is 2. The number of carbonyl (C=O) groups is 2. The molecule has 0 spiro atoms. The molecule has 1 aliphatic carbocycles. The molecule has 0 radical (unpaired) electrons. The predicted octanol–water partition coefficient (Wildman–Crippen LogP) is 3.55. The van der Waals surface area contributed by atoms with Gasteiger partial charge < -0.3 is 10.2 Å². The molecule has 6 heteroatoms. The first-order valence-corrected chi connectivity index (χ1v) is 9.38. The Kier molecular flexibility index (Phi) is 4.49. The summed E-state index contributed by atoms with van der Waals surface area (Å²) in [5.74, 6) is 0.947. The van der Waals surface area contributed by atoms with E-state index in [-0.39, 0.29) is 17.7 Å². The van der Waals surface area contributed by atoms with Gasteiger partial charge in [0.15, 0.2) is 5.82 Å². The van der Waals surface area contributed by atoms with Gasteiger partial charge in [-0.3, -0.25) is 14.7 Å². The molecule has 2 amide bonds. The van der Waals surface area contributed by atoms with Crippen molar-refractivity contribution in [3.63, 3.8) is 0 Å². The first-order chi connectivity index (χ1) is 12.6. The molecule has 1 atom stereocenters. The number of benzene rings is 1.